The van der Waals surface area contributed by atoms with Crippen LogP contribution in [0.3, 0.4) is 0 Å². The van der Waals surface area contributed by atoms with E-state index in [1.807, 2.05) is 45.0 Å². The van der Waals surface area contributed by atoms with Crippen LogP contribution in [0.2, 0.25) is 10.0 Å². The van der Waals surface area contributed by atoms with Crippen molar-refractivity contribution < 1.29 is 18.0 Å². The number of nitrogens with zero attached hydrogens (tertiary/aromatic N) is 2. The minimum Gasteiger partial charge on any atom is -0.354 e. The Morgan fingerprint density at radius 2 is 1.71 bits per heavy atom. The fourth-order valence-electron chi connectivity index (χ4n) is 3.32. The Bertz CT molecular complexity index is 1140. The molecule has 7 nitrogen and oxygen atoms in total. The highest BCUT2D eigenvalue weighted by Crippen LogP contribution is 2.33. The van der Waals surface area contributed by atoms with Gasteiger partial charge in [-0.05, 0) is 37.5 Å². The van der Waals surface area contributed by atoms with Gasteiger partial charge in [0.2, 0.25) is 21.8 Å². The topological polar surface area (TPSA) is 86.8 Å². The molecule has 1 N–H and O–H groups in total. The molecule has 186 valence electrons. The molecular weight excluding hydrogens is 497 g/mol. The van der Waals surface area contributed by atoms with Crippen LogP contribution in [0.25, 0.3) is 0 Å². The van der Waals surface area contributed by atoms with E-state index in [-0.39, 0.29) is 34.1 Å². The van der Waals surface area contributed by atoms with E-state index in [4.69, 9.17) is 23.2 Å². The van der Waals surface area contributed by atoms with E-state index in [0.29, 0.717) is 6.54 Å². The largest absolute Gasteiger partial charge is 0.354 e. The summed E-state index contributed by atoms with van der Waals surface area (Å²) in [6.07, 6.45) is 0.987. The lowest BCUT2D eigenvalue weighted by Gasteiger charge is -2.32. The summed E-state index contributed by atoms with van der Waals surface area (Å²) in [7, 11) is -3.89. The summed E-state index contributed by atoms with van der Waals surface area (Å²) in [5.74, 6) is -0.626. The number of rotatable bonds is 10. The van der Waals surface area contributed by atoms with Gasteiger partial charge in [-0.25, -0.2) is 8.42 Å². The number of sulfonamides is 1. The van der Waals surface area contributed by atoms with E-state index in [1.165, 1.54) is 17.0 Å². The van der Waals surface area contributed by atoms with Gasteiger partial charge in [-0.2, -0.15) is 0 Å². The molecule has 1 unspecified atom stereocenters. The molecule has 0 aromatic heterocycles. The summed E-state index contributed by atoms with van der Waals surface area (Å²) in [4.78, 5) is 27.7. The maximum atomic E-state index is 13.5. The molecule has 0 aliphatic rings. The maximum Gasteiger partial charge on any atom is 0.244 e. The third kappa shape index (κ3) is 7.61. The first-order valence-electron chi connectivity index (χ1n) is 10.9. The molecule has 0 heterocycles. The average Bonchev–Trinajstić information content (AvgIpc) is 2.75. The SMILES string of the molecule is Cc1cccc(CN(C(=O)CN(c2cccc(Cl)c2Cl)S(C)(=O)=O)C(C)C(=O)NCC(C)C)c1. The van der Waals surface area contributed by atoms with Gasteiger partial charge in [0.15, 0.2) is 0 Å². The first-order valence-corrected chi connectivity index (χ1v) is 13.5. The number of benzene rings is 2. The second-order valence-electron chi connectivity index (χ2n) is 8.67. The lowest BCUT2D eigenvalue weighted by molar-refractivity contribution is -0.139. The Morgan fingerprint density at radius 1 is 1.06 bits per heavy atom. The van der Waals surface area contributed by atoms with Crippen LogP contribution in [0.1, 0.15) is 31.9 Å². The smallest absolute Gasteiger partial charge is 0.244 e. The zero-order valence-corrected chi connectivity index (χ0v) is 22.3. The van der Waals surface area contributed by atoms with Gasteiger partial charge >= 0.3 is 0 Å². The molecule has 0 aliphatic heterocycles. The van der Waals surface area contributed by atoms with Crippen LogP contribution in [-0.4, -0.2) is 50.5 Å². The highest BCUT2D eigenvalue weighted by atomic mass is 35.5. The van der Waals surface area contributed by atoms with E-state index in [2.05, 4.69) is 5.32 Å². The van der Waals surface area contributed by atoms with Crippen molar-refractivity contribution in [3.05, 3.63) is 63.6 Å². The number of aryl methyl sites for hydroxylation is 1. The molecule has 2 rings (SSSR count). The summed E-state index contributed by atoms with van der Waals surface area (Å²) < 4.78 is 26.1. The summed E-state index contributed by atoms with van der Waals surface area (Å²) >= 11 is 12.3. The quantitative estimate of drug-likeness (QED) is 0.500. The predicted octanol–water partition coefficient (Wildman–Crippen LogP) is 4.26. The first kappa shape index (κ1) is 28.0. The van der Waals surface area contributed by atoms with Crippen molar-refractivity contribution in [1.29, 1.82) is 0 Å². The van der Waals surface area contributed by atoms with Gasteiger partial charge in [-0.3, -0.25) is 13.9 Å². The predicted molar refractivity (Wildman–Crippen MR) is 138 cm³/mol. The molecule has 0 aliphatic carbocycles. The van der Waals surface area contributed by atoms with Crippen molar-refractivity contribution in [2.24, 2.45) is 5.92 Å². The van der Waals surface area contributed by atoms with Crippen LogP contribution in [0.15, 0.2) is 42.5 Å². The van der Waals surface area contributed by atoms with Crippen LogP contribution >= 0.6 is 23.2 Å². The molecule has 0 saturated carbocycles. The molecule has 1 atom stereocenters. The number of nitrogens with one attached hydrogen (secondary N) is 1. The number of anilines is 1. The summed E-state index contributed by atoms with van der Waals surface area (Å²) in [5.41, 5.74) is 1.92. The molecule has 0 saturated heterocycles. The second kappa shape index (κ2) is 11.9. The van der Waals surface area contributed by atoms with Crippen molar-refractivity contribution in [1.82, 2.24) is 10.2 Å². The fourth-order valence-corrected chi connectivity index (χ4v) is 4.62. The van der Waals surface area contributed by atoms with Gasteiger partial charge in [0.05, 0.1) is 22.0 Å². The number of amides is 2. The Labute approximate surface area is 212 Å². The van der Waals surface area contributed by atoms with Crippen molar-refractivity contribution in [2.75, 3.05) is 23.7 Å². The van der Waals surface area contributed by atoms with E-state index in [9.17, 15) is 18.0 Å². The number of halogens is 2. The summed E-state index contributed by atoms with van der Waals surface area (Å²) in [5, 5.41) is 3.03. The molecule has 0 spiro atoms. The van der Waals surface area contributed by atoms with Gasteiger partial charge in [-0.15, -0.1) is 0 Å². The Kier molecular flexibility index (Phi) is 9.79. The normalized spacial score (nSPS) is 12.4. The first-order chi connectivity index (χ1) is 15.8. The average molecular weight is 529 g/mol. The monoisotopic (exact) mass is 527 g/mol. The molecule has 0 radical (unpaired) electrons. The second-order valence-corrected chi connectivity index (χ2v) is 11.4. The van der Waals surface area contributed by atoms with Crippen LogP contribution in [-0.2, 0) is 26.2 Å². The van der Waals surface area contributed by atoms with Gasteiger partial charge < -0.3 is 10.2 Å². The summed E-state index contributed by atoms with van der Waals surface area (Å²) in [6.45, 7) is 7.56. The Morgan fingerprint density at radius 3 is 2.29 bits per heavy atom. The van der Waals surface area contributed by atoms with E-state index in [0.717, 1.165) is 21.7 Å². The van der Waals surface area contributed by atoms with Crippen LogP contribution < -0.4 is 9.62 Å². The fraction of sp³-hybridized carbons (Fsp3) is 0.417. The highest BCUT2D eigenvalue weighted by molar-refractivity contribution is 7.92. The van der Waals surface area contributed by atoms with Crippen LogP contribution in [0.5, 0.6) is 0 Å². The van der Waals surface area contributed by atoms with Crippen LogP contribution in [0, 0.1) is 12.8 Å². The van der Waals surface area contributed by atoms with Crippen molar-refractivity contribution in [3.63, 3.8) is 0 Å². The maximum absolute atomic E-state index is 13.5. The number of carbonyl (C=O) groups excluding carboxylic acids is 2. The highest BCUT2D eigenvalue weighted by Gasteiger charge is 2.31. The van der Waals surface area contributed by atoms with Crippen molar-refractivity contribution in [2.45, 2.75) is 40.3 Å². The number of carbonyl (C=O) groups is 2. The Balaban J connectivity index is 2.41. The minimum atomic E-state index is -3.89. The standard InChI is InChI=1S/C24H31Cl2N3O4S/c1-16(2)13-27-24(31)18(4)28(14-19-9-6-8-17(3)12-19)22(30)15-29(34(5,32)33)21-11-7-10-20(25)23(21)26/h6-12,16,18H,13-15H2,1-5H3,(H,27,31). The van der Waals surface area contributed by atoms with Gasteiger partial charge in [0.25, 0.3) is 0 Å². The van der Waals surface area contributed by atoms with E-state index < -0.39 is 28.5 Å². The minimum absolute atomic E-state index is 0.0235. The molecule has 34 heavy (non-hydrogen) atoms. The molecule has 2 aromatic carbocycles. The third-order valence-corrected chi connectivity index (χ3v) is 7.10. The lowest BCUT2D eigenvalue weighted by atomic mass is 10.1. The molecular formula is C24H31Cl2N3O4S. The van der Waals surface area contributed by atoms with Crippen molar-refractivity contribution in [3.8, 4) is 0 Å². The van der Waals surface area contributed by atoms with Crippen molar-refractivity contribution >= 4 is 50.7 Å². The van der Waals surface area contributed by atoms with Gasteiger partial charge in [-0.1, -0.05) is 72.9 Å². The zero-order valence-electron chi connectivity index (χ0n) is 20.0. The molecule has 0 bridgehead atoms. The number of hydrogen-bond acceptors (Lipinski definition) is 4. The summed E-state index contributed by atoms with van der Waals surface area (Å²) in [6, 6.07) is 11.3. The molecule has 10 heteroatoms. The molecule has 2 aromatic rings. The Hall–Kier alpha value is -2.29. The third-order valence-electron chi connectivity index (χ3n) is 5.17. The van der Waals surface area contributed by atoms with Crippen LogP contribution in [0.4, 0.5) is 5.69 Å². The number of hydrogen-bond donors (Lipinski definition) is 1. The zero-order chi connectivity index (χ0) is 25.6. The van der Waals surface area contributed by atoms with E-state index in [1.54, 1.807) is 13.0 Å². The van der Waals surface area contributed by atoms with Gasteiger partial charge in [0.1, 0.15) is 12.6 Å². The van der Waals surface area contributed by atoms with E-state index >= 15 is 0 Å². The molecule has 0 fully saturated rings. The van der Waals surface area contributed by atoms with Gasteiger partial charge in [0, 0.05) is 13.1 Å². The lowest BCUT2D eigenvalue weighted by Crippen LogP contribution is -2.51. The molecule has 2 amide bonds.